The van der Waals surface area contributed by atoms with Crippen molar-refractivity contribution in [2.45, 2.75) is 39.7 Å². The lowest BCUT2D eigenvalue weighted by atomic mass is 10.1. The van der Waals surface area contributed by atoms with Gasteiger partial charge in [0, 0.05) is 24.3 Å². The molecule has 1 aliphatic carbocycles. The fourth-order valence-corrected chi connectivity index (χ4v) is 3.61. The van der Waals surface area contributed by atoms with Crippen molar-refractivity contribution in [3.05, 3.63) is 52.6 Å². The number of anilines is 1. The Morgan fingerprint density at radius 2 is 1.90 bits per heavy atom. The number of urea groups is 1. The molecule has 1 saturated carbocycles. The maximum Gasteiger partial charge on any atom is 0.355 e. The summed E-state index contributed by atoms with van der Waals surface area (Å²) in [5.41, 5.74) is 1.96. The van der Waals surface area contributed by atoms with E-state index in [0.717, 1.165) is 12.8 Å². The van der Waals surface area contributed by atoms with E-state index in [4.69, 9.17) is 4.74 Å². The first kappa shape index (κ1) is 21.5. The Labute approximate surface area is 174 Å². The van der Waals surface area contributed by atoms with Crippen molar-refractivity contribution in [2.24, 2.45) is 7.05 Å². The summed E-state index contributed by atoms with van der Waals surface area (Å²) >= 11 is 0. The summed E-state index contributed by atoms with van der Waals surface area (Å²) in [4.78, 5) is 39.6. The molecule has 3 rings (SSSR count). The maximum atomic E-state index is 13.9. The van der Waals surface area contributed by atoms with Gasteiger partial charge in [-0.05, 0) is 51.3 Å². The van der Waals surface area contributed by atoms with Gasteiger partial charge in [0.25, 0.3) is 0 Å². The quantitative estimate of drug-likeness (QED) is 0.550. The molecular formula is C22H26FN3O4. The van der Waals surface area contributed by atoms with Crippen molar-refractivity contribution < 1.29 is 23.5 Å². The summed E-state index contributed by atoms with van der Waals surface area (Å²) in [6, 6.07) is 5.31. The van der Waals surface area contributed by atoms with Crippen LogP contribution >= 0.6 is 0 Å². The van der Waals surface area contributed by atoms with Crippen molar-refractivity contribution in [1.82, 2.24) is 9.47 Å². The number of carbonyl (C=O) groups excluding carboxylic acids is 3. The van der Waals surface area contributed by atoms with Gasteiger partial charge in [-0.2, -0.15) is 0 Å². The van der Waals surface area contributed by atoms with Crippen LogP contribution in [0.1, 0.15) is 51.9 Å². The lowest BCUT2D eigenvalue weighted by Crippen LogP contribution is -2.40. The fraction of sp³-hybridized carbons (Fsp3) is 0.409. The zero-order chi connectivity index (χ0) is 22.0. The van der Waals surface area contributed by atoms with Gasteiger partial charge in [-0.15, -0.1) is 0 Å². The van der Waals surface area contributed by atoms with E-state index in [0.29, 0.717) is 22.5 Å². The number of esters is 1. The van der Waals surface area contributed by atoms with Gasteiger partial charge in [0.1, 0.15) is 11.5 Å². The Morgan fingerprint density at radius 1 is 1.23 bits per heavy atom. The highest BCUT2D eigenvalue weighted by Crippen LogP contribution is 2.29. The number of nitrogens with one attached hydrogen (secondary N) is 1. The Balaban J connectivity index is 1.83. The standard InChI is InChI=1S/C22H26FN3O4/c1-5-30-21(28)20-13(2)19(14(3)25(20)4)18(27)12-26(15-10-11-15)22(29)24-17-9-7-6-8-16(17)23/h6-9,15H,5,10-12H2,1-4H3,(H,24,29). The Morgan fingerprint density at radius 3 is 2.50 bits per heavy atom. The minimum Gasteiger partial charge on any atom is -0.461 e. The van der Waals surface area contributed by atoms with Gasteiger partial charge in [0.05, 0.1) is 18.8 Å². The lowest BCUT2D eigenvalue weighted by Gasteiger charge is -2.22. The molecule has 0 spiro atoms. The number of rotatable bonds is 7. The average Bonchev–Trinajstić information content (AvgIpc) is 3.50. The molecular weight excluding hydrogens is 389 g/mol. The molecule has 0 atom stereocenters. The van der Waals surface area contributed by atoms with Crippen molar-refractivity contribution in [2.75, 3.05) is 18.5 Å². The second-order valence-corrected chi connectivity index (χ2v) is 7.41. The van der Waals surface area contributed by atoms with Gasteiger partial charge in [0.15, 0.2) is 5.78 Å². The molecule has 30 heavy (non-hydrogen) atoms. The first-order chi connectivity index (χ1) is 14.3. The van der Waals surface area contributed by atoms with Crippen LogP contribution in [-0.4, -0.2) is 46.4 Å². The third-order valence-corrected chi connectivity index (χ3v) is 5.36. The van der Waals surface area contributed by atoms with E-state index < -0.39 is 17.8 Å². The van der Waals surface area contributed by atoms with E-state index in [1.54, 1.807) is 38.5 Å². The van der Waals surface area contributed by atoms with E-state index in [9.17, 15) is 18.8 Å². The molecule has 0 radical (unpaired) electrons. The SMILES string of the molecule is CCOC(=O)c1c(C)c(C(=O)CN(C(=O)Nc2ccccc2F)C2CC2)c(C)n1C. The number of ether oxygens (including phenoxy) is 1. The van der Waals surface area contributed by atoms with Crippen LogP contribution in [0.5, 0.6) is 0 Å². The molecule has 1 heterocycles. The molecule has 160 valence electrons. The summed E-state index contributed by atoms with van der Waals surface area (Å²) in [6.45, 7) is 5.25. The van der Waals surface area contributed by atoms with Crippen LogP contribution in [-0.2, 0) is 11.8 Å². The molecule has 2 amide bonds. The van der Waals surface area contributed by atoms with Gasteiger partial charge in [-0.1, -0.05) is 12.1 Å². The lowest BCUT2D eigenvalue weighted by molar-refractivity contribution is 0.0514. The number of hydrogen-bond acceptors (Lipinski definition) is 4. The Hall–Kier alpha value is -3.16. The number of nitrogens with zero attached hydrogens (tertiary/aromatic N) is 2. The number of benzene rings is 1. The molecule has 0 unspecified atom stereocenters. The number of aromatic nitrogens is 1. The fourth-order valence-electron chi connectivity index (χ4n) is 3.61. The molecule has 1 aromatic heterocycles. The van der Waals surface area contributed by atoms with Crippen LogP contribution in [0.25, 0.3) is 0 Å². The van der Waals surface area contributed by atoms with Gasteiger partial charge in [-0.3, -0.25) is 4.79 Å². The summed E-state index contributed by atoms with van der Waals surface area (Å²) in [7, 11) is 1.70. The molecule has 1 fully saturated rings. The molecule has 8 heteroatoms. The van der Waals surface area contributed by atoms with E-state index in [1.807, 2.05) is 0 Å². The molecule has 7 nitrogen and oxygen atoms in total. The predicted octanol–water partition coefficient (Wildman–Crippen LogP) is 3.84. The van der Waals surface area contributed by atoms with E-state index in [-0.39, 0.29) is 30.7 Å². The van der Waals surface area contributed by atoms with Crippen LogP contribution in [0.15, 0.2) is 24.3 Å². The molecule has 0 saturated heterocycles. The number of Topliss-reactive ketones (excluding diaryl/α,β-unsaturated/α-hetero) is 1. The average molecular weight is 415 g/mol. The van der Waals surface area contributed by atoms with E-state index in [2.05, 4.69) is 5.32 Å². The molecule has 0 bridgehead atoms. The topological polar surface area (TPSA) is 80.6 Å². The third-order valence-electron chi connectivity index (χ3n) is 5.36. The van der Waals surface area contributed by atoms with Crippen molar-refractivity contribution in [3.8, 4) is 0 Å². The van der Waals surface area contributed by atoms with Gasteiger partial charge < -0.3 is 19.5 Å². The second kappa shape index (κ2) is 8.69. The summed E-state index contributed by atoms with van der Waals surface area (Å²) in [5.74, 6) is -1.30. The highest BCUT2D eigenvalue weighted by molar-refractivity contribution is 6.05. The molecule has 0 aliphatic heterocycles. The number of amides is 2. The number of ketones is 1. The first-order valence-electron chi connectivity index (χ1n) is 9.94. The molecule has 1 aliphatic rings. The minimum atomic E-state index is -0.540. The minimum absolute atomic E-state index is 0.0606. The van der Waals surface area contributed by atoms with Crippen molar-refractivity contribution in [1.29, 1.82) is 0 Å². The second-order valence-electron chi connectivity index (χ2n) is 7.41. The number of para-hydroxylation sites is 1. The molecule has 1 N–H and O–H groups in total. The Bertz CT molecular complexity index is 995. The van der Waals surface area contributed by atoms with E-state index in [1.165, 1.54) is 23.1 Å². The maximum absolute atomic E-state index is 13.9. The zero-order valence-electron chi connectivity index (χ0n) is 17.6. The number of halogens is 1. The first-order valence-corrected chi connectivity index (χ1v) is 9.94. The van der Waals surface area contributed by atoms with Crippen LogP contribution in [0.3, 0.4) is 0 Å². The predicted molar refractivity (Wildman–Crippen MR) is 110 cm³/mol. The summed E-state index contributed by atoms with van der Waals surface area (Å²) in [6.07, 6.45) is 1.58. The highest BCUT2D eigenvalue weighted by Gasteiger charge is 2.36. The van der Waals surface area contributed by atoms with Crippen molar-refractivity contribution in [3.63, 3.8) is 0 Å². The smallest absolute Gasteiger partial charge is 0.355 e. The highest BCUT2D eigenvalue weighted by atomic mass is 19.1. The van der Waals surface area contributed by atoms with Gasteiger partial charge in [0.2, 0.25) is 0 Å². The Kier molecular flexibility index (Phi) is 6.24. The largest absolute Gasteiger partial charge is 0.461 e. The molecule has 1 aromatic carbocycles. The zero-order valence-corrected chi connectivity index (χ0v) is 17.6. The number of hydrogen-bond donors (Lipinski definition) is 1. The molecule has 2 aromatic rings. The monoisotopic (exact) mass is 415 g/mol. The number of carbonyl (C=O) groups is 3. The van der Waals surface area contributed by atoms with Crippen LogP contribution in [0, 0.1) is 19.7 Å². The van der Waals surface area contributed by atoms with Crippen LogP contribution in [0.4, 0.5) is 14.9 Å². The normalized spacial score (nSPS) is 13.1. The summed E-state index contributed by atoms with van der Waals surface area (Å²) in [5, 5.41) is 2.55. The van der Waals surface area contributed by atoms with Gasteiger partial charge >= 0.3 is 12.0 Å². The van der Waals surface area contributed by atoms with Crippen LogP contribution < -0.4 is 5.32 Å². The van der Waals surface area contributed by atoms with Gasteiger partial charge in [-0.25, -0.2) is 14.0 Å². The third kappa shape index (κ3) is 4.22. The van der Waals surface area contributed by atoms with E-state index >= 15 is 0 Å². The van der Waals surface area contributed by atoms with Crippen molar-refractivity contribution >= 4 is 23.5 Å². The summed E-state index contributed by atoms with van der Waals surface area (Å²) < 4.78 is 20.6. The van der Waals surface area contributed by atoms with Crippen LogP contribution in [0.2, 0.25) is 0 Å².